The number of methoxy groups -OCH3 is 2. The van der Waals surface area contributed by atoms with Gasteiger partial charge in [0.05, 0.1) is 32.1 Å². The minimum absolute atomic E-state index is 0.170. The van der Waals surface area contributed by atoms with E-state index in [0.29, 0.717) is 0 Å². The highest BCUT2D eigenvalue weighted by molar-refractivity contribution is 5.91. The van der Waals surface area contributed by atoms with Gasteiger partial charge in [0.25, 0.3) is 0 Å². The zero-order valence-corrected chi connectivity index (χ0v) is 15.3. The van der Waals surface area contributed by atoms with Crippen LogP contribution in [0.2, 0.25) is 0 Å². The Hall–Kier alpha value is -3.08. The molecule has 0 radical (unpaired) electrons. The van der Waals surface area contributed by atoms with Gasteiger partial charge in [-0.2, -0.15) is 18.2 Å². The molecule has 28 heavy (non-hydrogen) atoms. The number of alkyl halides is 3. The number of hydrogen-bond donors (Lipinski definition) is 3. The van der Waals surface area contributed by atoms with Crippen LogP contribution in [-0.2, 0) is 10.9 Å². The summed E-state index contributed by atoms with van der Waals surface area (Å²) < 4.78 is 49.4. The molecular formula is C17H19F3N4O4. The van der Waals surface area contributed by atoms with Gasteiger partial charge in [0.1, 0.15) is 11.6 Å². The SMILES string of the molecule is COC(=O)c1ccc(OC)c(Nc2cc(C(F)(F)F)nc(N[C@@H](C)CO)n2)c1. The van der Waals surface area contributed by atoms with E-state index in [1.54, 1.807) is 6.92 Å². The normalized spacial score (nSPS) is 12.2. The van der Waals surface area contributed by atoms with E-state index in [9.17, 15) is 18.0 Å². The summed E-state index contributed by atoms with van der Waals surface area (Å²) >= 11 is 0. The highest BCUT2D eigenvalue weighted by Crippen LogP contribution is 2.33. The highest BCUT2D eigenvalue weighted by Gasteiger charge is 2.34. The molecular weight excluding hydrogens is 381 g/mol. The lowest BCUT2D eigenvalue weighted by Gasteiger charge is -2.16. The fourth-order valence-corrected chi connectivity index (χ4v) is 2.18. The molecule has 1 aromatic carbocycles. The number of benzene rings is 1. The molecule has 11 heteroatoms. The maximum atomic E-state index is 13.2. The van der Waals surface area contributed by atoms with Crippen molar-refractivity contribution in [2.45, 2.75) is 19.1 Å². The number of halogens is 3. The average Bonchev–Trinajstić information content (AvgIpc) is 2.66. The van der Waals surface area contributed by atoms with E-state index in [0.717, 1.165) is 6.07 Å². The van der Waals surface area contributed by atoms with Crippen LogP contribution in [-0.4, -0.2) is 47.9 Å². The van der Waals surface area contributed by atoms with Crippen molar-refractivity contribution in [2.75, 3.05) is 31.5 Å². The van der Waals surface area contributed by atoms with Crippen molar-refractivity contribution in [2.24, 2.45) is 0 Å². The Balaban J connectivity index is 2.46. The average molecular weight is 400 g/mol. The molecule has 0 amide bonds. The zero-order valence-electron chi connectivity index (χ0n) is 15.3. The number of anilines is 3. The van der Waals surface area contributed by atoms with Crippen molar-refractivity contribution in [1.29, 1.82) is 0 Å². The molecule has 1 aromatic heterocycles. The van der Waals surface area contributed by atoms with Gasteiger partial charge in [-0.1, -0.05) is 0 Å². The van der Waals surface area contributed by atoms with Gasteiger partial charge in [0.2, 0.25) is 5.95 Å². The Morgan fingerprint density at radius 3 is 2.54 bits per heavy atom. The molecule has 0 aliphatic heterocycles. The summed E-state index contributed by atoms with van der Waals surface area (Å²) in [5, 5.41) is 14.4. The molecule has 0 saturated heterocycles. The van der Waals surface area contributed by atoms with Gasteiger partial charge in [0.15, 0.2) is 5.69 Å². The summed E-state index contributed by atoms with van der Waals surface area (Å²) in [6, 6.07) is 4.44. The molecule has 2 rings (SSSR count). The quantitative estimate of drug-likeness (QED) is 0.610. The van der Waals surface area contributed by atoms with E-state index < -0.39 is 23.9 Å². The fourth-order valence-electron chi connectivity index (χ4n) is 2.18. The first-order valence-corrected chi connectivity index (χ1v) is 8.05. The van der Waals surface area contributed by atoms with Crippen LogP contribution in [0.5, 0.6) is 5.75 Å². The molecule has 0 fully saturated rings. The van der Waals surface area contributed by atoms with Crippen LogP contribution in [0.4, 0.5) is 30.6 Å². The summed E-state index contributed by atoms with van der Waals surface area (Å²) in [7, 11) is 2.58. The van der Waals surface area contributed by atoms with Crippen LogP contribution >= 0.6 is 0 Å². The van der Waals surface area contributed by atoms with Crippen LogP contribution in [0.1, 0.15) is 23.0 Å². The number of aliphatic hydroxyl groups excluding tert-OH is 1. The van der Waals surface area contributed by atoms with E-state index in [1.807, 2.05) is 0 Å². The van der Waals surface area contributed by atoms with Crippen molar-refractivity contribution in [3.8, 4) is 5.75 Å². The maximum Gasteiger partial charge on any atom is 0.433 e. The number of nitrogens with zero attached hydrogens (tertiary/aromatic N) is 2. The summed E-state index contributed by atoms with van der Waals surface area (Å²) in [5.74, 6) is -0.848. The number of esters is 1. The zero-order chi connectivity index (χ0) is 20.9. The largest absolute Gasteiger partial charge is 0.495 e. The third kappa shape index (κ3) is 5.22. The Bertz CT molecular complexity index is 846. The predicted molar refractivity (Wildman–Crippen MR) is 94.8 cm³/mol. The minimum Gasteiger partial charge on any atom is -0.495 e. The van der Waals surface area contributed by atoms with E-state index in [-0.39, 0.29) is 35.4 Å². The summed E-state index contributed by atoms with van der Waals surface area (Å²) in [6.07, 6.45) is -4.71. The summed E-state index contributed by atoms with van der Waals surface area (Å²) in [6.45, 7) is 1.23. The second-order valence-corrected chi connectivity index (χ2v) is 5.72. The molecule has 152 valence electrons. The van der Waals surface area contributed by atoms with Crippen molar-refractivity contribution < 1.29 is 32.5 Å². The number of carbonyl (C=O) groups excluding carboxylic acids is 1. The second-order valence-electron chi connectivity index (χ2n) is 5.72. The smallest absolute Gasteiger partial charge is 0.433 e. The van der Waals surface area contributed by atoms with E-state index in [4.69, 9.17) is 9.84 Å². The number of ether oxygens (including phenoxy) is 2. The maximum absolute atomic E-state index is 13.2. The first-order valence-electron chi connectivity index (χ1n) is 8.05. The monoisotopic (exact) mass is 400 g/mol. The van der Waals surface area contributed by atoms with Crippen LogP contribution in [0, 0.1) is 0 Å². The lowest BCUT2D eigenvalue weighted by Crippen LogP contribution is -2.22. The molecule has 0 aliphatic rings. The molecule has 0 saturated carbocycles. The van der Waals surface area contributed by atoms with Gasteiger partial charge in [0, 0.05) is 12.1 Å². The van der Waals surface area contributed by atoms with Gasteiger partial charge in [-0.25, -0.2) is 9.78 Å². The van der Waals surface area contributed by atoms with Crippen molar-refractivity contribution in [1.82, 2.24) is 9.97 Å². The van der Waals surface area contributed by atoms with Gasteiger partial charge >= 0.3 is 12.1 Å². The molecule has 8 nitrogen and oxygen atoms in total. The van der Waals surface area contributed by atoms with Gasteiger partial charge in [-0.3, -0.25) is 0 Å². The first kappa shape index (κ1) is 21.2. The number of aliphatic hydroxyl groups is 1. The summed E-state index contributed by atoms with van der Waals surface area (Å²) in [4.78, 5) is 19.1. The number of nitrogens with one attached hydrogen (secondary N) is 2. The molecule has 2 aromatic rings. The van der Waals surface area contributed by atoms with E-state index in [1.165, 1.54) is 32.4 Å². The lowest BCUT2D eigenvalue weighted by atomic mass is 10.2. The number of aromatic nitrogens is 2. The lowest BCUT2D eigenvalue weighted by molar-refractivity contribution is -0.141. The Kier molecular flexibility index (Phi) is 6.62. The van der Waals surface area contributed by atoms with Crippen molar-refractivity contribution in [3.63, 3.8) is 0 Å². The fraction of sp³-hybridized carbons (Fsp3) is 0.353. The number of carbonyl (C=O) groups is 1. The Morgan fingerprint density at radius 1 is 1.25 bits per heavy atom. The van der Waals surface area contributed by atoms with E-state index >= 15 is 0 Å². The van der Waals surface area contributed by atoms with Crippen LogP contribution < -0.4 is 15.4 Å². The third-order valence-electron chi connectivity index (χ3n) is 3.55. The Labute approximate surface area is 158 Å². The third-order valence-corrected chi connectivity index (χ3v) is 3.55. The van der Waals surface area contributed by atoms with Gasteiger partial charge in [-0.05, 0) is 25.1 Å². The van der Waals surface area contributed by atoms with Gasteiger partial charge < -0.3 is 25.2 Å². The van der Waals surface area contributed by atoms with Crippen LogP contribution in [0.3, 0.4) is 0 Å². The van der Waals surface area contributed by atoms with Crippen LogP contribution in [0.25, 0.3) is 0 Å². The predicted octanol–water partition coefficient (Wildman–Crippen LogP) is 2.83. The molecule has 3 N–H and O–H groups in total. The topological polar surface area (TPSA) is 106 Å². The van der Waals surface area contributed by atoms with Crippen LogP contribution in [0.15, 0.2) is 24.3 Å². The van der Waals surface area contributed by atoms with Crippen molar-refractivity contribution >= 4 is 23.4 Å². The molecule has 0 bridgehead atoms. The first-order chi connectivity index (χ1) is 13.2. The minimum atomic E-state index is -4.71. The standard InChI is InChI=1S/C17H19F3N4O4/c1-9(8-25)21-16-23-13(17(18,19)20)7-14(24-16)22-11-6-10(15(26)28-3)4-5-12(11)27-2/h4-7,9,25H,8H2,1-3H3,(H2,21,22,23,24)/t9-/m0/s1. The number of rotatable bonds is 7. The van der Waals surface area contributed by atoms with Crippen molar-refractivity contribution in [3.05, 3.63) is 35.5 Å². The second kappa shape index (κ2) is 8.74. The Morgan fingerprint density at radius 2 is 1.96 bits per heavy atom. The molecule has 0 aliphatic carbocycles. The van der Waals surface area contributed by atoms with Gasteiger partial charge in [-0.15, -0.1) is 0 Å². The molecule has 1 atom stereocenters. The highest BCUT2D eigenvalue weighted by atomic mass is 19.4. The number of hydrogen-bond acceptors (Lipinski definition) is 8. The molecule has 1 heterocycles. The molecule has 0 spiro atoms. The summed E-state index contributed by atoms with van der Waals surface area (Å²) in [5.41, 5.74) is -0.803. The molecule has 0 unspecified atom stereocenters. The van der Waals surface area contributed by atoms with E-state index in [2.05, 4.69) is 25.3 Å².